The van der Waals surface area contributed by atoms with Gasteiger partial charge in [0.05, 0.1) is 30.2 Å². The Hall–Kier alpha value is -3.42. The zero-order chi connectivity index (χ0) is 20.8. The van der Waals surface area contributed by atoms with Crippen LogP contribution in [0.15, 0.2) is 33.5 Å². The third-order valence-electron chi connectivity index (χ3n) is 5.53. The summed E-state index contributed by atoms with van der Waals surface area (Å²) in [5.74, 6) is -0.0970. The molecule has 3 N–H and O–H groups in total. The van der Waals surface area contributed by atoms with Crippen LogP contribution in [0.25, 0.3) is 22.2 Å². The number of nitrogens with one attached hydrogen (secondary N) is 2. The van der Waals surface area contributed by atoms with E-state index in [2.05, 4.69) is 9.97 Å². The zero-order valence-electron chi connectivity index (χ0n) is 16.5. The van der Waals surface area contributed by atoms with Crippen molar-refractivity contribution in [1.82, 2.24) is 9.97 Å². The van der Waals surface area contributed by atoms with E-state index in [0.717, 1.165) is 22.2 Å². The van der Waals surface area contributed by atoms with Gasteiger partial charge in [-0.3, -0.25) is 0 Å². The van der Waals surface area contributed by atoms with Crippen molar-refractivity contribution in [3.8, 4) is 0 Å². The van der Waals surface area contributed by atoms with Gasteiger partial charge in [-0.15, -0.1) is 0 Å². The highest BCUT2D eigenvalue weighted by atomic mass is 16.5. The fraction of sp³-hybridized carbons (Fsp3) is 0.364. The molecule has 4 aromatic heterocycles. The molecule has 0 amide bonds. The molecule has 8 nitrogen and oxygen atoms in total. The van der Waals surface area contributed by atoms with Gasteiger partial charge in [-0.05, 0) is 44.4 Å². The summed E-state index contributed by atoms with van der Waals surface area (Å²) in [5.41, 5.74) is 6.15. The first-order valence-electron chi connectivity index (χ1n) is 10.2. The zero-order valence-corrected chi connectivity index (χ0v) is 16.5. The Morgan fingerprint density at radius 2 is 1.47 bits per heavy atom. The van der Waals surface area contributed by atoms with Crippen LogP contribution in [-0.4, -0.2) is 33.6 Å². The molecule has 2 aliphatic rings. The number of hydrogen-bond acceptors (Lipinski definition) is 5. The van der Waals surface area contributed by atoms with Crippen molar-refractivity contribution in [2.75, 3.05) is 6.61 Å². The van der Waals surface area contributed by atoms with Crippen molar-refractivity contribution in [2.45, 2.75) is 44.4 Å². The third kappa shape index (κ3) is 3.38. The summed E-state index contributed by atoms with van der Waals surface area (Å²) in [5, 5.41) is 8.78. The molecular weight excluding hydrogens is 388 g/mol. The molecule has 2 fully saturated rings. The number of aromatic carboxylic acids is 1. The van der Waals surface area contributed by atoms with Crippen LogP contribution in [0.2, 0.25) is 0 Å². The monoisotopic (exact) mass is 410 g/mol. The van der Waals surface area contributed by atoms with Gasteiger partial charge >= 0.3 is 11.9 Å². The molecule has 2 saturated carbocycles. The van der Waals surface area contributed by atoms with Gasteiger partial charge in [-0.25, -0.2) is 9.59 Å². The van der Waals surface area contributed by atoms with E-state index < -0.39 is 5.97 Å². The Bertz CT molecular complexity index is 1230. The molecule has 0 aliphatic heterocycles. The smallest absolute Gasteiger partial charge is 0.354 e. The average molecular weight is 410 g/mol. The van der Waals surface area contributed by atoms with Gasteiger partial charge in [0.25, 0.3) is 0 Å². The van der Waals surface area contributed by atoms with E-state index in [1.807, 2.05) is 0 Å². The SMILES string of the molecule is CCOC(=O)c1cc2occ(C3CC3)c2[nH]1.O=C(O)c1cc2occ(C3CC3)c2[nH]1. The lowest BCUT2D eigenvalue weighted by atomic mass is 10.2. The summed E-state index contributed by atoms with van der Waals surface area (Å²) in [6.45, 7) is 2.18. The molecule has 156 valence electrons. The topological polar surface area (TPSA) is 121 Å². The number of rotatable bonds is 5. The molecule has 2 aliphatic carbocycles. The number of esters is 1. The Morgan fingerprint density at radius 3 is 1.93 bits per heavy atom. The number of fused-ring (bicyclic) bond motifs is 2. The summed E-state index contributed by atoms with van der Waals surface area (Å²) < 4.78 is 15.6. The quantitative estimate of drug-likeness (QED) is 0.391. The van der Waals surface area contributed by atoms with Crippen LogP contribution >= 0.6 is 0 Å². The van der Waals surface area contributed by atoms with Crippen molar-refractivity contribution in [3.05, 3.63) is 47.2 Å². The molecule has 0 spiro atoms. The lowest BCUT2D eigenvalue weighted by molar-refractivity contribution is 0.0520. The van der Waals surface area contributed by atoms with Crippen LogP contribution in [0.3, 0.4) is 0 Å². The molecule has 0 unspecified atom stereocenters. The van der Waals surface area contributed by atoms with Gasteiger partial charge in [0.15, 0.2) is 11.2 Å². The van der Waals surface area contributed by atoms with Crippen LogP contribution in [0.4, 0.5) is 0 Å². The number of carbonyl (C=O) groups is 2. The van der Waals surface area contributed by atoms with Crippen molar-refractivity contribution in [2.24, 2.45) is 0 Å². The number of carbonyl (C=O) groups excluding carboxylic acids is 1. The molecule has 30 heavy (non-hydrogen) atoms. The first-order chi connectivity index (χ1) is 14.5. The molecule has 4 aromatic rings. The average Bonchev–Trinajstić information content (AvgIpc) is 3.55. The number of aromatic nitrogens is 2. The molecule has 0 radical (unpaired) electrons. The maximum absolute atomic E-state index is 11.5. The molecule has 0 aromatic carbocycles. The Balaban J connectivity index is 0.000000130. The second kappa shape index (κ2) is 7.12. The lowest BCUT2D eigenvalue weighted by Crippen LogP contribution is -2.04. The standard InChI is InChI=1S/C12H13NO3.C10H9NO3/c1-2-15-12(14)9-5-10-11(13-9)8(6-16-10)7-3-4-7;12-10(13)7-3-8-9(11-7)6(4-14-8)5-1-2-5/h5-7,13H,2-4H2,1H3;3-5,11H,1-2H2,(H,12,13). The number of hydrogen-bond donors (Lipinski definition) is 3. The number of carboxylic acid groups (broad SMARTS) is 1. The van der Waals surface area contributed by atoms with Crippen molar-refractivity contribution in [1.29, 1.82) is 0 Å². The van der Waals surface area contributed by atoms with Crippen molar-refractivity contribution in [3.63, 3.8) is 0 Å². The largest absolute Gasteiger partial charge is 0.477 e. The van der Waals surface area contributed by atoms with Gasteiger partial charge in [0.2, 0.25) is 0 Å². The highest BCUT2D eigenvalue weighted by Gasteiger charge is 2.29. The molecule has 0 bridgehead atoms. The second-order valence-corrected chi connectivity index (χ2v) is 7.80. The molecule has 0 atom stereocenters. The Morgan fingerprint density at radius 1 is 0.967 bits per heavy atom. The number of aromatic amines is 2. The third-order valence-corrected chi connectivity index (χ3v) is 5.53. The molecule has 6 rings (SSSR count). The molecular formula is C22H22N2O6. The van der Waals surface area contributed by atoms with E-state index in [9.17, 15) is 9.59 Å². The van der Waals surface area contributed by atoms with E-state index in [1.54, 1.807) is 25.5 Å². The lowest BCUT2D eigenvalue weighted by Gasteiger charge is -1.97. The number of ether oxygens (including phenoxy) is 1. The van der Waals surface area contributed by atoms with Gasteiger partial charge in [0.1, 0.15) is 11.4 Å². The minimum atomic E-state index is -0.946. The highest BCUT2D eigenvalue weighted by molar-refractivity contribution is 5.94. The Labute approximate surface area is 171 Å². The van der Waals surface area contributed by atoms with E-state index >= 15 is 0 Å². The minimum Gasteiger partial charge on any atom is -0.477 e. The number of furan rings is 2. The predicted octanol–water partition coefficient (Wildman–Crippen LogP) is 5.15. The van der Waals surface area contributed by atoms with E-state index in [0.29, 0.717) is 29.7 Å². The Kier molecular flexibility index (Phi) is 4.42. The van der Waals surface area contributed by atoms with Crippen LogP contribution in [0, 0.1) is 0 Å². The first-order valence-corrected chi connectivity index (χ1v) is 10.2. The fourth-order valence-electron chi connectivity index (χ4n) is 3.68. The summed E-state index contributed by atoms with van der Waals surface area (Å²) in [7, 11) is 0. The summed E-state index contributed by atoms with van der Waals surface area (Å²) in [6, 6.07) is 3.24. The van der Waals surface area contributed by atoms with Crippen LogP contribution in [-0.2, 0) is 4.74 Å². The summed E-state index contributed by atoms with van der Waals surface area (Å²) in [4.78, 5) is 28.2. The van der Waals surface area contributed by atoms with Crippen molar-refractivity contribution >= 4 is 34.1 Å². The first kappa shape index (κ1) is 18.6. The van der Waals surface area contributed by atoms with Crippen LogP contribution in [0.5, 0.6) is 0 Å². The van der Waals surface area contributed by atoms with Gasteiger partial charge < -0.3 is 28.6 Å². The van der Waals surface area contributed by atoms with Crippen molar-refractivity contribution < 1.29 is 28.3 Å². The van der Waals surface area contributed by atoms with Crippen LogP contribution in [0.1, 0.15) is 76.5 Å². The van der Waals surface area contributed by atoms with Gasteiger partial charge in [-0.2, -0.15) is 0 Å². The summed E-state index contributed by atoms with van der Waals surface area (Å²) >= 11 is 0. The maximum atomic E-state index is 11.5. The number of carboxylic acids is 1. The van der Waals surface area contributed by atoms with E-state index in [1.165, 1.54) is 37.3 Å². The highest BCUT2D eigenvalue weighted by Crippen LogP contribution is 2.44. The van der Waals surface area contributed by atoms with Gasteiger partial charge in [0, 0.05) is 23.3 Å². The van der Waals surface area contributed by atoms with E-state index in [-0.39, 0.29) is 11.7 Å². The summed E-state index contributed by atoms with van der Waals surface area (Å²) in [6.07, 6.45) is 8.29. The molecule has 0 saturated heterocycles. The number of H-pyrrole nitrogens is 2. The van der Waals surface area contributed by atoms with E-state index in [4.69, 9.17) is 18.7 Å². The minimum absolute atomic E-state index is 0.196. The van der Waals surface area contributed by atoms with Gasteiger partial charge in [-0.1, -0.05) is 0 Å². The predicted molar refractivity (Wildman–Crippen MR) is 108 cm³/mol. The normalized spacial score (nSPS) is 15.9. The molecule has 4 heterocycles. The molecule has 8 heteroatoms. The fourth-order valence-corrected chi connectivity index (χ4v) is 3.68. The maximum Gasteiger partial charge on any atom is 0.354 e. The second-order valence-electron chi connectivity index (χ2n) is 7.80. The van der Waals surface area contributed by atoms with Crippen LogP contribution < -0.4 is 0 Å².